The third-order valence-electron chi connectivity index (χ3n) is 10.1. The fourth-order valence-corrected chi connectivity index (χ4v) is 9.13. The molecular formula is C21H30O2. The molecule has 0 aliphatic heterocycles. The van der Waals surface area contributed by atoms with E-state index in [0.717, 1.165) is 23.7 Å². The van der Waals surface area contributed by atoms with Gasteiger partial charge in [0.05, 0.1) is 5.41 Å². The SMILES string of the molecule is CC1C2CC3C1C3(C(=O)OC1(C)C3CC4CC(C3)CC1C4)C2C. The van der Waals surface area contributed by atoms with Crippen molar-refractivity contribution in [3.05, 3.63) is 0 Å². The first-order valence-corrected chi connectivity index (χ1v) is 10.2. The lowest BCUT2D eigenvalue weighted by Crippen LogP contribution is -2.58. The molecule has 6 atom stereocenters. The Balaban J connectivity index is 1.30. The highest BCUT2D eigenvalue weighted by Gasteiger charge is 2.85. The molecule has 8 rings (SSSR count). The molecule has 6 unspecified atom stereocenters. The molecule has 23 heavy (non-hydrogen) atoms. The first-order chi connectivity index (χ1) is 11.0. The van der Waals surface area contributed by atoms with Gasteiger partial charge in [0, 0.05) is 0 Å². The summed E-state index contributed by atoms with van der Waals surface area (Å²) in [4.78, 5) is 13.4. The Morgan fingerprint density at radius 1 is 0.957 bits per heavy atom. The second-order valence-corrected chi connectivity index (χ2v) is 10.5. The van der Waals surface area contributed by atoms with Gasteiger partial charge >= 0.3 is 5.97 Å². The van der Waals surface area contributed by atoms with Crippen LogP contribution in [0.1, 0.15) is 59.3 Å². The van der Waals surface area contributed by atoms with Crippen molar-refractivity contribution >= 4 is 5.97 Å². The summed E-state index contributed by atoms with van der Waals surface area (Å²) in [5, 5.41) is 0. The van der Waals surface area contributed by atoms with E-state index >= 15 is 0 Å². The van der Waals surface area contributed by atoms with Gasteiger partial charge in [-0.2, -0.15) is 0 Å². The second kappa shape index (κ2) is 3.83. The summed E-state index contributed by atoms with van der Waals surface area (Å²) in [5.74, 6) is 6.87. The lowest BCUT2D eigenvalue weighted by atomic mass is 9.50. The van der Waals surface area contributed by atoms with E-state index in [0.29, 0.717) is 29.6 Å². The zero-order valence-corrected chi connectivity index (χ0v) is 14.8. The van der Waals surface area contributed by atoms with Crippen LogP contribution in [0.2, 0.25) is 0 Å². The van der Waals surface area contributed by atoms with Gasteiger partial charge in [0.2, 0.25) is 0 Å². The number of hydrogen-bond donors (Lipinski definition) is 0. The van der Waals surface area contributed by atoms with Crippen molar-refractivity contribution in [2.75, 3.05) is 0 Å². The molecule has 8 bridgehead atoms. The van der Waals surface area contributed by atoms with Gasteiger partial charge in [-0.15, -0.1) is 0 Å². The van der Waals surface area contributed by atoms with Crippen LogP contribution < -0.4 is 0 Å². The summed E-state index contributed by atoms with van der Waals surface area (Å²) in [7, 11) is 0. The molecule has 2 nitrogen and oxygen atoms in total. The number of carbonyl (C=O) groups excluding carboxylic acids is 1. The lowest BCUT2D eigenvalue weighted by Gasteiger charge is -2.59. The van der Waals surface area contributed by atoms with Crippen LogP contribution in [0.15, 0.2) is 0 Å². The summed E-state index contributed by atoms with van der Waals surface area (Å²) in [6.45, 7) is 7.03. The molecule has 8 fully saturated rings. The van der Waals surface area contributed by atoms with Crippen LogP contribution in [0.5, 0.6) is 0 Å². The molecular weight excluding hydrogens is 284 g/mol. The summed E-state index contributed by atoms with van der Waals surface area (Å²) in [6.07, 6.45) is 8.06. The van der Waals surface area contributed by atoms with E-state index < -0.39 is 0 Å². The summed E-state index contributed by atoms with van der Waals surface area (Å²) in [6, 6.07) is 0. The first kappa shape index (κ1) is 13.7. The molecule has 0 aromatic carbocycles. The van der Waals surface area contributed by atoms with E-state index in [1.54, 1.807) is 0 Å². The number of ether oxygens (including phenoxy) is 1. The van der Waals surface area contributed by atoms with E-state index in [9.17, 15) is 4.79 Å². The first-order valence-electron chi connectivity index (χ1n) is 10.2. The number of hydrogen-bond acceptors (Lipinski definition) is 2. The number of carbonyl (C=O) groups is 1. The standard InChI is InChI=1S/C21H30O2/c1-10-16-9-17-18(10)21(17,11(16)2)19(22)23-20(3)14-5-12-4-13(7-14)8-15(20)6-12/h10-18H,4-9H2,1-3H3. The molecule has 0 spiro atoms. The highest BCUT2D eigenvalue weighted by molar-refractivity contribution is 5.84. The molecule has 0 saturated heterocycles. The van der Waals surface area contributed by atoms with Crippen molar-refractivity contribution in [1.82, 2.24) is 0 Å². The van der Waals surface area contributed by atoms with Crippen LogP contribution in [-0.4, -0.2) is 11.6 Å². The lowest BCUT2D eigenvalue weighted by molar-refractivity contribution is -0.210. The zero-order valence-electron chi connectivity index (χ0n) is 14.8. The topological polar surface area (TPSA) is 26.3 Å². The zero-order chi connectivity index (χ0) is 15.7. The highest BCUT2D eigenvalue weighted by atomic mass is 16.6. The van der Waals surface area contributed by atoms with Crippen LogP contribution in [-0.2, 0) is 9.53 Å². The van der Waals surface area contributed by atoms with Gasteiger partial charge in [-0.3, -0.25) is 4.79 Å². The Morgan fingerprint density at radius 3 is 2.00 bits per heavy atom. The average Bonchev–Trinajstić information content (AvgIpc) is 2.80. The molecule has 0 radical (unpaired) electrons. The van der Waals surface area contributed by atoms with Crippen LogP contribution in [0.3, 0.4) is 0 Å². The maximum absolute atomic E-state index is 13.4. The Kier molecular flexibility index (Phi) is 2.29. The number of esters is 1. The molecule has 0 heterocycles. The van der Waals surface area contributed by atoms with Gasteiger partial charge in [-0.25, -0.2) is 0 Å². The van der Waals surface area contributed by atoms with Crippen molar-refractivity contribution < 1.29 is 9.53 Å². The Morgan fingerprint density at radius 2 is 1.57 bits per heavy atom. The normalized spacial score (nSPS) is 66.8. The van der Waals surface area contributed by atoms with Crippen molar-refractivity contribution in [2.24, 2.45) is 58.7 Å². The second-order valence-electron chi connectivity index (χ2n) is 10.5. The largest absolute Gasteiger partial charge is 0.458 e. The molecule has 2 heteroatoms. The van der Waals surface area contributed by atoms with Crippen molar-refractivity contribution in [2.45, 2.75) is 64.9 Å². The highest BCUT2D eigenvalue weighted by Crippen LogP contribution is 2.84. The minimum Gasteiger partial charge on any atom is -0.458 e. The predicted octanol–water partition coefficient (Wildman–Crippen LogP) is 4.28. The molecule has 8 saturated carbocycles. The van der Waals surface area contributed by atoms with E-state index in [2.05, 4.69) is 20.8 Å². The molecule has 0 aromatic heterocycles. The van der Waals surface area contributed by atoms with Crippen LogP contribution in [0, 0.1) is 58.7 Å². The fourth-order valence-electron chi connectivity index (χ4n) is 9.13. The minimum atomic E-state index is -0.137. The fraction of sp³-hybridized carbons (Fsp3) is 0.952. The van der Waals surface area contributed by atoms with E-state index in [1.807, 2.05) is 0 Å². The van der Waals surface area contributed by atoms with Crippen LogP contribution in [0.25, 0.3) is 0 Å². The minimum absolute atomic E-state index is 0.0538. The van der Waals surface area contributed by atoms with Gasteiger partial charge in [0.15, 0.2) is 0 Å². The summed E-state index contributed by atoms with van der Waals surface area (Å²) < 4.78 is 6.52. The van der Waals surface area contributed by atoms with Crippen LogP contribution in [0.4, 0.5) is 0 Å². The third-order valence-corrected chi connectivity index (χ3v) is 10.1. The van der Waals surface area contributed by atoms with Gasteiger partial charge in [-0.05, 0) is 98.7 Å². The molecule has 126 valence electrons. The summed E-state index contributed by atoms with van der Waals surface area (Å²) >= 11 is 0. The molecule has 0 aromatic rings. The third kappa shape index (κ3) is 1.32. The molecule has 0 N–H and O–H groups in total. The maximum Gasteiger partial charge on any atom is 0.313 e. The Hall–Kier alpha value is -0.530. The van der Waals surface area contributed by atoms with Gasteiger partial charge in [0.25, 0.3) is 0 Å². The van der Waals surface area contributed by atoms with Crippen molar-refractivity contribution in [3.8, 4) is 0 Å². The monoisotopic (exact) mass is 314 g/mol. The molecule has 8 aliphatic carbocycles. The average molecular weight is 314 g/mol. The summed E-state index contributed by atoms with van der Waals surface area (Å²) in [5.41, 5.74) is -0.190. The quantitative estimate of drug-likeness (QED) is 0.711. The van der Waals surface area contributed by atoms with E-state index in [4.69, 9.17) is 4.74 Å². The smallest absolute Gasteiger partial charge is 0.313 e. The molecule has 8 aliphatic rings. The van der Waals surface area contributed by atoms with E-state index in [-0.39, 0.29) is 17.0 Å². The Labute approximate surface area is 139 Å². The molecule has 0 amide bonds. The van der Waals surface area contributed by atoms with Crippen molar-refractivity contribution in [1.29, 1.82) is 0 Å². The number of rotatable bonds is 2. The van der Waals surface area contributed by atoms with Crippen LogP contribution >= 0.6 is 0 Å². The van der Waals surface area contributed by atoms with E-state index in [1.165, 1.54) is 38.5 Å². The maximum atomic E-state index is 13.4. The van der Waals surface area contributed by atoms with Gasteiger partial charge < -0.3 is 4.74 Å². The van der Waals surface area contributed by atoms with Gasteiger partial charge in [-0.1, -0.05) is 13.8 Å². The van der Waals surface area contributed by atoms with Crippen molar-refractivity contribution in [3.63, 3.8) is 0 Å². The Bertz CT molecular complexity index is 563. The predicted molar refractivity (Wildman–Crippen MR) is 87.4 cm³/mol. The van der Waals surface area contributed by atoms with Gasteiger partial charge in [0.1, 0.15) is 5.60 Å².